The second-order valence-electron chi connectivity index (χ2n) is 10.2. The number of para-hydroxylation sites is 1. The number of hydrogen-bond donors (Lipinski definition) is 1. The molecule has 0 aromatic heterocycles. The van der Waals surface area contributed by atoms with Crippen molar-refractivity contribution in [3.05, 3.63) is 64.7 Å². The Morgan fingerprint density at radius 3 is 2.29 bits per heavy atom. The molecule has 0 bridgehead atoms. The first-order valence-electron chi connectivity index (χ1n) is 11.5. The number of nitrogens with one attached hydrogen (secondary N) is 1. The van der Waals surface area contributed by atoms with E-state index in [2.05, 4.69) is 31.2 Å². The normalized spacial score (nSPS) is 18.0. The second-order valence-corrected chi connectivity index (χ2v) is 10.2. The van der Waals surface area contributed by atoms with Gasteiger partial charge >= 0.3 is 12.2 Å². The minimum absolute atomic E-state index is 0.107. The molecule has 2 aliphatic rings. The maximum atomic E-state index is 13.1. The maximum Gasteiger partial charge on any atom is 0.416 e. The van der Waals surface area contributed by atoms with Gasteiger partial charge in [0.05, 0.1) is 11.3 Å². The van der Waals surface area contributed by atoms with Crippen LogP contribution in [0.3, 0.4) is 0 Å². The summed E-state index contributed by atoms with van der Waals surface area (Å²) in [6, 6.07) is 10.9. The van der Waals surface area contributed by atoms with Crippen LogP contribution in [0.25, 0.3) is 0 Å². The van der Waals surface area contributed by atoms with Gasteiger partial charge in [0.1, 0.15) is 5.60 Å². The van der Waals surface area contributed by atoms with Crippen LogP contribution in [0.15, 0.2) is 47.6 Å². The molecule has 0 radical (unpaired) electrons. The van der Waals surface area contributed by atoms with Crippen molar-refractivity contribution < 1.29 is 22.8 Å². The number of halogens is 3. The Morgan fingerprint density at radius 2 is 1.71 bits per heavy atom. The lowest BCUT2D eigenvalue weighted by atomic mass is 9.84. The third kappa shape index (κ3) is 4.91. The molecule has 0 aliphatic carbocycles. The summed E-state index contributed by atoms with van der Waals surface area (Å²) in [5, 5.41) is 7.29. The molecule has 1 N–H and O–H groups in total. The number of benzene rings is 2. The summed E-state index contributed by atoms with van der Waals surface area (Å²) in [5.41, 5.74) is 2.91. The van der Waals surface area contributed by atoms with Crippen LogP contribution in [-0.2, 0) is 16.4 Å². The van der Waals surface area contributed by atoms with Crippen molar-refractivity contribution in [3.63, 3.8) is 0 Å². The van der Waals surface area contributed by atoms with Crippen molar-refractivity contribution in [2.75, 3.05) is 18.4 Å². The molecule has 0 atom stereocenters. The fourth-order valence-corrected chi connectivity index (χ4v) is 4.56. The summed E-state index contributed by atoms with van der Waals surface area (Å²) in [4.78, 5) is 20.6. The predicted molar refractivity (Wildman–Crippen MR) is 126 cm³/mol. The molecule has 8 heteroatoms. The number of hydrogen-bond acceptors (Lipinski definition) is 3. The average Bonchev–Trinajstić information content (AvgIpc) is 3.18. The summed E-state index contributed by atoms with van der Waals surface area (Å²) in [6.07, 6.45) is -2.64. The average molecular weight is 474 g/mol. The van der Waals surface area contributed by atoms with Gasteiger partial charge in [-0.15, -0.1) is 0 Å². The quantitative estimate of drug-likeness (QED) is 0.541. The number of carbonyl (C=O) groups is 1. The number of rotatable bonds is 2. The molecule has 1 spiro atoms. The molecule has 5 nitrogen and oxygen atoms in total. The van der Waals surface area contributed by atoms with Gasteiger partial charge in [-0.25, -0.2) is 4.79 Å². The van der Waals surface area contributed by atoms with Gasteiger partial charge in [-0.1, -0.05) is 56.3 Å². The Morgan fingerprint density at radius 1 is 1.06 bits per heavy atom. The molecule has 2 aromatic carbocycles. The smallest absolute Gasteiger partial charge is 0.388 e. The van der Waals surface area contributed by atoms with Gasteiger partial charge in [-0.3, -0.25) is 0 Å². The minimum atomic E-state index is -4.37. The molecule has 0 saturated carbocycles. The van der Waals surface area contributed by atoms with Crippen LogP contribution in [-0.4, -0.2) is 35.3 Å². The van der Waals surface area contributed by atoms with Gasteiger partial charge in [0.25, 0.3) is 0 Å². The van der Waals surface area contributed by atoms with Crippen LogP contribution in [0, 0.1) is 6.92 Å². The van der Waals surface area contributed by atoms with E-state index in [1.54, 1.807) is 4.90 Å². The standard InChI is InChI=1S/C26H30F3N3O2/c1-17-6-5-7-20(24(2,3)4)22(17)30-23(33)32-14-12-25(13-15-32)16-21(31-34-25)18-8-10-19(11-9-18)26(27,28)29/h5-11H,12-16H2,1-4H3,(H,30,33). The number of urea groups is 1. The fourth-order valence-electron chi connectivity index (χ4n) is 4.56. The third-order valence-corrected chi connectivity index (χ3v) is 6.66. The molecule has 4 rings (SSSR count). The molecular formula is C26H30F3N3O2. The van der Waals surface area contributed by atoms with Gasteiger partial charge in [-0.05, 0) is 41.2 Å². The Labute approximate surface area is 198 Å². The Kier molecular flexibility index (Phi) is 6.12. The number of aryl methyl sites for hydroxylation is 1. The van der Waals surface area contributed by atoms with Crippen molar-refractivity contribution in [1.82, 2.24) is 4.90 Å². The van der Waals surface area contributed by atoms with E-state index in [9.17, 15) is 18.0 Å². The summed E-state index contributed by atoms with van der Waals surface area (Å²) < 4.78 is 38.5. The van der Waals surface area contributed by atoms with Gasteiger partial charge in [-0.2, -0.15) is 13.2 Å². The highest BCUT2D eigenvalue weighted by Gasteiger charge is 2.43. The predicted octanol–water partition coefficient (Wildman–Crippen LogP) is 6.50. The Hall–Kier alpha value is -3.03. The lowest BCUT2D eigenvalue weighted by Crippen LogP contribution is -2.48. The van der Waals surface area contributed by atoms with Crippen LogP contribution in [0.4, 0.5) is 23.7 Å². The van der Waals surface area contributed by atoms with Crippen molar-refractivity contribution >= 4 is 17.4 Å². The van der Waals surface area contributed by atoms with E-state index in [0.29, 0.717) is 43.6 Å². The second kappa shape index (κ2) is 8.64. The van der Waals surface area contributed by atoms with E-state index in [1.165, 1.54) is 12.1 Å². The summed E-state index contributed by atoms with van der Waals surface area (Å²) in [7, 11) is 0. The van der Waals surface area contributed by atoms with Gasteiger partial charge in [0, 0.05) is 38.0 Å². The first kappa shape index (κ1) is 24.1. The van der Waals surface area contributed by atoms with E-state index >= 15 is 0 Å². The highest BCUT2D eigenvalue weighted by atomic mass is 19.4. The number of piperidine rings is 1. The topological polar surface area (TPSA) is 53.9 Å². The van der Waals surface area contributed by atoms with Crippen molar-refractivity contribution in [2.24, 2.45) is 5.16 Å². The largest absolute Gasteiger partial charge is 0.416 e. The SMILES string of the molecule is Cc1cccc(C(C)(C)C)c1NC(=O)N1CCC2(CC1)CC(c1ccc(C(F)(F)F)cc1)=NO2. The molecular weight excluding hydrogens is 443 g/mol. The summed E-state index contributed by atoms with van der Waals surface area (Å²) in [5.74, 6) is 0. The fraction of sp³-hybridized carbons (Fsp3) is 0.462. The Balaban J connectivity index is 1.38. The highest BCUT2D eigenvalue weighted by molar-refractivity contribution is 6.01. The van der Waals surface area contributed by atoms with E-state index in [0.717, 1.165) is 28.9 Å². The number of alkyl halides is 3. The zero-order chi connectivity index (χ0) is 24.7. The molecule has 1 fully saturated rings. The molecule has 34 heavy (non-hydrogen) atoms. The molecule has 2 aromatic rings. The number of carbonyl (C=O) groups excluding carboxylic acids is 1. The summed E-state index contributed by atoms with van der Waals surface area (Å²) >= 11 is 0. The maximum absolute atomic E-state index is 13.1. The molecule has 2 heterocycles. The molecule has 1 saturated heterocycles. The number of nitrogens with zero attached hydrogens (tertiary/aromatic N) is 2. The van der Waals surface area contributed by atoms with E-state index < -0.39 is 17.3 Å². The monoisotopic (exact) mass is 473 g/mol. The molecule has 2 amide bonds. The van der Waals surface area contributed by atoms with Gasteiger partial charge < -0.3 is 15.1 Å². The lowest BCUT2D eigenvalue weighted by Gasteiger charge is -2.37. The molecule has 0 unspecified atom stereocenters. The first-order chi connectivity index (χ1) is 15.9. The number of oxime groups is 1. The Bertz CT molecular complexity index is 1090. The van der Waals surface area contributed by atoms with Crippen LogP contribution in [0.1, 0.15) is 62.3 Å². The zero-order valence-corrected chi connectivity index (χ0v) is 19.9. The van der Waals surface area contributed by atoms with Crippen molar-refractivity contribution in [2.45, 2.75) is 64.1 Å². The van der Waals surface area contributed by atoms with Crippen LogP contribution in [0.5, 0.6) is 0 Å². The zero-order valence-electron chi connectivity index (χ0n) is 19.9. The van der Waals surface area contributed by atoms with Crippen LogP contribution < -0.4 is 5.32 Å². The van der Waals surface area contributed by atoms with E-state index in [4.69, 9.17) is 4.84 Å². The number of anilines is 1. The minimum Gasteiger partial charge on any atom is -0.388 e. The van der Waals surface area contributed by atoms with Gasteiger partial charge in [0.2, 0.25) is 0 Å². The third-order valence-electron chi connectivity index (χ3n) is 6.66. The lowest BCUT2D eigenvalue weighted by molar-refractivity contribution is -0.137. The van der Waals surface area contributed by atoms with Crippen molar-refractivity contribution in [3.8, 4) is 0 Å². The first-order valence-corrected chi connectivity index (χ1v) is 11.5. The highest BCUT2D eigenvalue weighted by Crippen LogP contribution is 2.38. The van der Waals surface area contributed by atoms with E-state index in [1.807, 2.05) is 25.1 Å². The van der Waals surface area contributed by atoms with Crippen LogP contribution >= 0.6 is 0 Å². The van der Waals surface area contributed by atoms with Crippen molar-refractivity contribution in [1.29, 1.82) is 0 Å². The number of amides is 2. The molecule has 182 valence electrons. The molecule has 2 aliphatic heterocycles. The van der Waals surface area contributed by atoms with Crippen LogP contribution in [0.2, 0.25) is 0 Å². The van der Waals surface area contributed by atoms with Gasteiger partial charge in [0.15, 0.2) is 0 Å². The summed E-state index contributed by atoms with van der Waals surface area (Å²) in [6.45, 7) is 9.37. The number of likely N-dealkylation sites (tertiary alicyclic amines) is 1. The van der Waals surface area contributed by atoms with E-state index in [-0.39, 0.29) is 11.4 Å².